The molecule has 2 aromatic rings. The maximum absolute atomic E-state index is 5.49. The van der Waals surface area contributed by atoms with Gasteiger partial charge >= 0.3 is 0 Å². The number of hydrogen-bond acceptors (Lipinski definition) is 2. The molecule has 3 heteroatoms. The third kappa shape index (κ3) is 3.04. The van der Waals surface area contributed by atoms with E-state index >= 15 is 0 Å². The van der Waals surface area contributed by atoms with Crippen molar-refractivity contribution in [2.24, 2.45) is 0 Å². The Morgan fingerprint density at radius 2 is 2.00 bits per heavy atom. The molecular formula is C16H19N3. The molecule has 1 aromatic carbocycles. The highest BCUT2D eigenvalue weighted by Gasteiger charge is 2.15. The first-order valence-corrected chi connectivity index (χ1v) is 6.35. The molecule has 0 saturated carbocycles. The molecule has 2 rings (SSSR count). The van der Waals surface area contributed by atoms with Crippen molar-refractivity contribution < 1.29 is 0 Å². The normalized spacial score (nSPS) is 11.3. The lowest BCUT2D eigenvalue weighted by atomic mass is 10.1. The molecule has 19 heavy (non-hydrogen) atoms. The number of aryl methyl sites for hydroxylation is 1. The molecule has 0 saturated heterocycles. The summed E-state index contributed by atoms with van der Waals surface area (Å²) in [6, 6.07) is 10.2. The van der Waals surface area contributed by atoms with E-state index in [2.05, 4.69) is 32.9 Å². The largest absolute Gasteiger partial charge is 0.300 e. The molecule has 1 N–H and O–H groups in total. The molecule has 98 valence electrons. The molecule has 0 aliphatic rings. The third-order valence-corrected chi connectivity index (χ3v) is 3.10. The van der Waals surface area contributed by atoms with Crippen LogP contribution < -0.4 is 5.32 Å². The van der Waals surface area contributed by atoms with E-state index in [4.69, 9.17) is 6.42 Å². The van der Waals surface area contributed by atoms with Gasteiger partial charge in [-0.15, -0.1) is 6.42 Å². The first kappa shape index (κ1) is 13.4. The molecule has 0 atom stereocenters. The predicted molar refractivity (Wildman–Crippen MR) is 78.1 cm³/mol. The lowest BCUT2D eigenvalue weighted by molar-refractivity contribution is 0.484. The van der Waals surface area contributed by atoms with Crippen LogP contribution in [0.1, 0.15) is 25.4 Å². The molecule has 0 unspecified atom stereocenters. The minimum absolute atomic E-state index is 0.320. The summed E-state index contributed by atoms with van der Waals surface area (Å²) in [6.45, 7) is 6.67. The van der Waals surface area contributed by atoms with Crippen LogP contribution in [-0.4, -0.2) is 15.1 Å². The molecule has 3 nitrogen and oxygen atoms in total. The van der Waals surface area contributed by atoms with Crippen molar-refractivity contribution >= 4 is 0 Å². The fraction of sp³-hybridized carbons (Fsp3) is 0.312. The number of para-hydroxylation sites is 1. The quantitative estimate of drug-likeness (QED) is 0.849. The van der Waals surface area contributed by atoms with E-state index in [1.165, 1.54) is 0 Å². The van der Waals surface area contributed by atoms with E-state index < -0.39 is 0 Å². The molecule has 0 aliphatic carbocycles. The Hall–Kier alpha value is -2.05. The van der Waals surface area contributed by atoms with E-state index in [1.807, 2.05) is 45.2 Å². The van der Waals surface area contributed by atoms with Gasteiger partial charge in [0.05, 0.1) is 17.4 Å². The number of rotatable bonds is 4. The van der Waals surface area contributed by atoms with Crippen LogP contribution in [0, 0.1) is 19.3 Å². The Kier molecular flexibility index (Phi) is 3.73. The Labute approximate surface area is 114 Å². The molecular weight excluding hydrogens is 234 g/mol. The Balaban J connectivity index is 2.27. The summed E-state index contributed by atoms with van der Waals surface area (Å²) >= 11 is 0. The fourth-order valence-electron chi connectivity index (χ4n) is 1.91. The van der Waals surface area contributed by atoms with Gasteiger partial charge in [0, 0.05) is 12.2 Å². The molecule has 1 heterocycles. The van der Waals surface area contributed by atoms with Crippen LogP contribution in [0.3, 0.4) is 0 Å². The van der Waals surface area contributed by atoms with Gasteiger partial charge in [-0.3, -0.25) is 9.88 Å². The Morgan fingerprint density at radius 1 is 1.32 bits per heavy atom. The van der Waals surface area contributed by atoms with E-state index in [0.29, 0.717) is 6.54 Å². The maximum Gasteiger partial charge on any atom is 0.110 e. The summed E-state index contributed by atoms with van der Waals surface area (Å²) < 4.78 is 2.14. The number of aromatic nitrogens is 2. The summed E-state index contributed by atoms with van der Waals surface area (Å²) in [5, 5.41) is 3.35. The van der Waals surface area contributed by atoms with Gasteiger partial charge in [-0.1, -0.05) is 24.1 Å². The first-order valence-electron chi connectivity index (χ1n) is 6.35. The molecule has 1 aromatic heterocycles. The number of terminal acetylenes is 1. The van der Waals surface area contributed by atoms with Crippen LogP contribution in [0.25, 0.3) is 5.69 Å². The fourth-order valence-corrected chi connectivity index (χ4v) is 1.91. The topological polar surface area (TPSA) is 29.9 Å². The zero-order valence-corrected chi connectivity index (χ0v) is 11.6. The highest BCUT2D eigenvalue weighted by atomic mass is 15.1. The maximum atomic E-state index is 5.49. The number of nitrogens with zero attached hydrogens (tertiary/aromatic N) is 2. The van der Waals surface area contributed by atoms with Crippen molar-refractivity contribution in [2.75, 3.05) is 0 Å². The summed E-state index contributed by atoms with van der Waals surface area (Å²) in [7, 11) is 0. The average molecular weight is 253 g/mol. The molecule has 0 amide bonds. The molecule has 0 bridgehead atoms. The summed E-state index contributed by atoms with van der Waals surface area (Å²) in [6.07, 6.45) is 7.38. The monoisotopic (exact) mass is 253 g/mol. The number of benzene rings is 1. The third-order valence-electron chi connectivity index (χ3n) is 3.10. The number of nitrogens with one attached hydrogen (secondary N) is 1. The number of imidazole rings is 1. The van der Waals surface area contributed by atoms with Crippen LogP contribution >= 0.6 is 0 Å². The second-order valence-electron chi connectivity index (χ2n) is 5.09. The molecule has 0 aliphatic heterocycles. The van der Waals surface area contributed by atoms with E-state index in [-0.39, 0.29) is 5.54 Å². The van der Waals surface area contributed by atoms with Crippen molar-refractivity contribution in [3.8, 4) is 18.0 Å². The van der Waals surface area contributed by atoms with Crippen molar-refractivity contribution in [1.29, 1.82) is 0 Å². The minimum Gasteiger partial charge on any atom is -0.300 e. The number of hydrogen-bond donors (Lipinski definition) is 1. The smallest absolute Gasteiger partial charge is 0.110 e. The second-order valence-corrected chi connectivity index (χ2v) is 5.09. The summed E-state index contributed by atoms with van der Waals surface area (Å²) in [4.78, 5) is 4.39. The molecule has 0 radical (unpaired) electrons. The van der Waals surface area contributed by atoms with Gasteiger partial charge in [0.25, 0.3) is 0 Å². The van der Waals surface area contributed by atoms with Gasteiger partial charge in [0.15, 0.2) is 0 Å². The first-order chi connectivity index (χ1) is 9.03. The molecule has 0 spiro atoms. The van der Waals surface area contributed by atoms with Gasteiger partial charge in [-0.2, -0.15) is 0 Å². The van der Waals surface area contributed by atoms with Crippen molar-refractivity contribution in [2.45, 2.75) is 32.9 Å². The van der Waals surface area contributed by atoms with Crippen LogP contribution in [0.2, 0.25) is 0 Å². The van der Waals surface area contributed by atoms with Crippen LogP contribution in [0.15, 0.2) is 36.5 Å². The summed E-state index contributed by atoms with van der Waals surface area (Å²) in [5.41, 5.74) is 1.90. The zero-order chi connectivity index (χ0) is 13.9. The zero-order valence-electron chi connectivity index (χ0n) is 11.6. The van der Waals surface area contributed by atoms with E-state index in [1.54, 1.807) is 0 Å². The van der Waals surface area contributed by atoms with Gasteiger partial charge in [-0.05, 0) is 32.9 Å². The van der Waals surface area contributed by atoms with Crippen LogP contribution in [0.5, 0.6) is 0 Å². The van der Waals surface area contributed by atoms with Gasteiger partial charge < -0.3 is 0 Å². The van der Waals surface area contributed by atoms with Crippen molar-refractivity contribution in [3.63, 3.8) is 0 Å². The lowest BCUT2D eigenvalue weighted by Crippen LogP contribution is -2.37. The van der Waals surface area contributed by atoms with Crippen LogP contribution in [0.4, 0.5) is 0 Å². The van der Waals surface area contributed by atoms with Gasteiger partial charge in [0.2, 0.25) is 0 Å². The van der Waals surface area contributed by atoms with E-state index in [0.717, 1.165) is 17.2 Å². The van der Waals surface area contributed by atoms with Crippen molar-refractivity contribution in [3.05, 3.63) is 48.0 Å². The van der Waals surface area contributed by atoms with Gasteiger partial charge in [-0.25, -0.2) is 4.98 Å². The molecule has 0 fully saturated rings. The summed E-state index contributed by atoms with van der Waals surface area (Å²) in [5.74, 6) is 3.71. The SMILES string of the molecule is C#CC(C)(C)NCc1cnc(C)n1-c1ccccc1. The minimum atomic E-state index is -0.320. The second kappa shape index (κ2) is 5.29. The Bertz CT molecular complexity index is 588. The standard InChI is InChI=1S/C16H19N3/c1-5-16(3,4)18-12-15-11-17-13(2)19(15)14-9-7-6-8-10-14/h1,6-11,18H,12H2,2-4H3. The van der Waals surface area contributed by atoms with Crippen LogP contribution in [-0.2, 0) is 6.54 Å². The highest BCUT2D eigenvalue weighted by Crippen LogP contribution is 2.15. The van der Waals surface area contributed by atoms with E-state index in [9.17, 15) is 0 Å². The predicted octanol–water partition coefficient (Wildman–Crippen LogP) is 2.68. The van der Waals surface area contributed by atoms with Gasteiger partial charge in [0.1, 0.15) is 5.82 Å². The highest BCUT2D eigenvalue weighted by molar-refractivity contribution is 5.35. The average Bonchev–Trinajstić information content (AvgIpc) is 2.79. The van der Waals surface area contributed by atoms with Crippen molar-refractivity contribution in [1.82, 2.24) is 14.9 Å². The lowest BCUT2D eigenvalue weighted by Gasteiger charge is -2.20. The Morgan fingerprint density at radius 3 is 2.63 bits per heavy atom.